The highest BCUT2D eigenvalue weighted by atomic mass is 16.5. The van der Waals surface area contributed by atoms with E-state index in [0.717, 1.165) is 6.42 Å². The van der Waals surface area contributed by atoms with Crippen LogP contribution in [0, 0.1) is 5.92 Å². The molecule has 9 heteroatoms. The molecule has 1 aromatic carbocycles. The molecule has 0 saturated heterocycles. The Morgan fingerprint density at radius 3 is 2.27 bits per heavy atom. The lowest BCUT2D eigenvalue weighted by atomic mass is 10.1. The van der Waals surface area contributed by atoms with E-state index < -0.39 is 17.2 Å². The zero-order valence-corrected chi connectivity index (χ0v) is 18.2. The van der Waals surface area contributed by atoms with Crippen LogP contribution in [0.5, 0.6) is 11.5 Å². The maximum Gasteiger partial charge on any atom is 0.330 e. The average molecular weight is 418 g/mol. The van der Waals surface area contributed by atoms with Gasteiger partial charge in [-0.05, 0) is 24.5 Å². The fourth-order valence-corrected chi connectivity index (χ4v) is 3.10. The molecule has 0 aliphatic carbocycles. The SMILES string of the molecule is CCCCN(C(=O)c1cc(OC)cc(OC)c1)c1c(N)n(CC(C)C)c(=O)[nH]c1=O. The van der Waals surface area contributed by atoms with Crippen molar-refractivity contribution in [1.29, 1.82) is 0 Å². The van der Waals surface area contributed by atoms with Gasteiger partial charge in [0.15, 0.2) is 5.69 Å². The van der Waals surface area contributed by atoms with Gasteiger partial charge in [0.2, 0.25) is 0 Å². The number of nitrogens with zero attached hydrogens (tertiary/aromatic N) is 2. The van der Waals surface area contributed by atoms with Crippen molar-refractivity contribution in [1.82, 2.24) is 9.55 Å². The number of ether oxygens (including phenoxy) is 2. The van der Waals surface area contributed by atoms with Gasteiger partial charge in [0.25, 0.3) is 11.5 Å². The highest BCUT2D eigenvalue weighted by Gasteiger charge is 2.26. The van der Waals surface area contributed by atoms with E-state index in [2.05, 4.69) is 4.98 Å². The molecule has 30 heavy (non-hydrogen) atoms. The first kappa shape index (κ1) is 23.1. The van der Waals surface area contributed by atoms with Crippen molar-refractivity contribution in [3.8, 4) is 11.5 Å². The number of nitrogens with two attached hydrogens (primary N) is 1. The minimum Gasteiger partial charge on any atom is -0.497 e. The van der Waals surface area contributed by atoms with Crippen LogP contribution < -0.4 is 31.4 Å². The van der Waals surface area contributed by atoms with Gasteiger partial charge in [-0.1, -0.05) is 27.2 Å². The van der Waals surface area contributed by atoms with Gasteiger partial charge in [-0.3, -0.25) is 19.1 Å². The van der Waals surface area contributed by atoms with E-state index in [1.165, 1.54) is 23.7 Å². The van der Waals surface area contributed by atoms with Crippen molar-refractivity contribution in [2.75, 3.05) is 31.4 Å². The summed E-state index contributed by atoms with van der Waals surface area (Å²) in [5, 5.41) is 0. The quantitative estimate of drug-likeness (QED) is 0.644. The lowest BCUT2D eigenvalue weighted by Crippen LogP contribution is -2.42. The Morgan fingerprint density at radius 1 is 1.17 bits per heavy atom. The molecule has 2 rings (SSSR count). The molecule has 0 bridgehead atoms. The van der Waals surface area contributed by atoms with E-state index in [1.807, 2.05) is 20.8 Å². The molecular formula is C21H30N4O5. The van der Waals surface area contributed by atoms with E-state index >= 15 is 0 Å². The minimum atomic E-state index is -0.697. The topological polar surface area (TPSA) is 120 Å². The number of hydrogen-bond acceptors (Lipinski definition) is 6. The number of hydrogen-bond donors (Lipinski definition) is 2. The zero-order chi connectivity index (χ0) is 22.4. The highest BCUT2D eigenvalue weighted by Crippen LogP contribution is 2.26. The number of H-pyrrole nitrogens is 1. The Bertz CT molecular complexity index is 987. The molecule has 1 amide bonds. The molecule has 3 N–H and O–H groups in total. The number of nitrogens with one attached hydrogen (secondary N) is 1. The number of methoxy groups -OCH3 is 2. The molecule has 0 atom stereocenters. The zero-order valence-electron chi connectivity index (χ0n) is 18.2. The number of rotatable bonds is 9. The van der Waals surface area contributed by atoms with Gasteiger partial charge in [0.05, 0.1) is 14.2 Å². The first-order valence-electron chi connectivity index (χ1n) is 9.90. The molecule has 1 heterocycles. The third-order valence-corrected chi connectivity index (χ3v) is 4.61. The third-order valence-electron chi connectivity index (χ3n) is 4.61. The first-order valence-corrected chi connectivity index (χ1v) is 9.90. The number of nitrogen functional groups attached to an aromatic ring is 1. The molecule has 164 valence electrons. The van der Waals surface area contributed by atoms with Gasteiger partial charge in [0, 0.05) is 24.7 Å². The molecule has 2 aromatic rings. The summed E-state index contributed by atoms with van der Waals surface area (Å²) in [6.07, 6.45) is 1.45. The second-order valence-corrected chi connectivity index (χ2v) is 7.41. The van der Waals surface area contributed by atoms with Crippen LogP contribution in [0.25, 0.3) is 0 Å². The van der Waals surface area contributed by atoms with Crippen molar-refractivity contribution in [3.63, 3.8) is 0 Å². The molecule has 0 unspecified atom stereocenters. The molecule has 0 aliphatic rings. The van der Waals surface area contributed by atoms with Crippen LogP contribution in [-0.2, 0) is 6.54 Å². The van der Waals surface area contributed by atoms with Crippen LogP contribution in [0.15, 0.2) is 27.8 Å². The number of unbranched alkanes of at least 4 members (excludes halogenated alkanes) is 1. The summed E-state index contributed by atoms with van der Waals surface area (Å²) >= 11 is 0. The standard InChI is InChI=1S/C21H30N4O5/c1-6-7-8-24(20(27)14-9-15(29-4)11-16(10-14)30-5)17-18(22)25(12-13(2)3)21(28)23-19(17)26/h9-11,13H,6-8,12,22H2,1-5H3,(H,23,26,28). The molecular weight excluding hydrogens is 388 g/mol. The normalized spacial score (nSPS) is 10.9. The maximum absolute atomic E-state index is 13.4. The van der Waals surface area contributed by atoms with Crippen LogP contribution in [0.2, 0.25) is 0 Å². The molecule has 0 spiro atoms. The van der Waals surface area contributed by atoms with Gasteiger partial charge in [-0.2, -0.15) is 0 Å². The number of carbonyl (C=O) groups is 1. The first-order chi connectivity index (χ1) is 14.2. The summed E-state index contributed by atoms with van der Waals surface area (Å²) in [5.41, 5.74) is 5.19. The van der Waals surface area contributed by atoms with Crippen molar-refractivity contribution < 1.29 is 14.3 Å². The Balaban J connectivity index is 2.65. The summed E-state index contributed by atoms with van der Waals surface area (Å²) in [5.74, 6) is 0.537. The molecule has 0 fully saturated rings. The van der Waals surface area contributed by atoms with E-state index in [1.54, 1.807) is 18.2 Å². The Morgan fingerprint density at radius 2 is 1.77 bits per heavy atom. The lowest BCUT2D eigenvalue weighted by Gasteiger charge is -2.25. The summed E-state index contributed by atoms with van der Waals surface area (Å²) in [6, 6.07) is 4.79. The number of anilines is 2. The predicted octanol–water partition coefficient (Wildman–Crippen LogP) is 2.24. The predicted molar refractivity (Wildman–Crippen MR) is 117 cm³/mol. The minimum absolute atomic E-state index is 0.0308. The van der Waals surface area contributed by atoms with Crippen molar-refractivity contribution in [3.05, 3.63) is 44.6 Å². The molecule has 9 nitrogen and oxygen atoms in total. The van der Waals surface area contributed by atoms with E-state index in [-0.39, 0.29) is 29.5 Å². The van der Waals surface area contributed by atoms with E-state index in [0.29, 0.717) is 24.5 Å². The van der Waals surface area contributed by atoms with Crippen LogP contribution in [0.1, 0.15) is 44.0 Å². The van der Waals surface area contributed by atoms with Crippen LogP contribution in [0.3, 0.4) is 0 Å². The van der Waals surface area contributed by atoms with Crippen molar-refractivity contribution in [2.45, 2.75) is 40.2 Å². The summed E-state index contributed by atoms with van der Waals surface area (Å²) in [6.45, 7) is 6.42. The van der Waals surface area contributed by atoms with E-state index in [4.69, 9.17) is 15.2 Å². The van der Waals surface area contributed by atoms with Gasteiger partial charge in [-0.15, -0.1) is 0 Å². The highest BCUT2D eigenvalue weighted by molar-refractivity contribution is 6.07. The Kier molecular flexibility index (Phi) is 7.68. The molecule has 0 aliphatic heterocycles. The number of amides is 1. The number of aromatic nitrogens is 2. The second kappa shape index (κ2) is 10.00. The largest absolute Gasteiger partial charge is 0.497 e. The van der Waals surface area contributed by atoms with Gasteiger partial charge in [-0.25, -0.2) is 4.79 Å². The van der Waals surface area contributed by atoms with E-state index in [9.17, 15) is 14.4 Å². The fourth-order valence-electron chi connectivity index (χ4n) is 3.10. The lowest BCUT2D eigenvalue weighted by molar-refractivity contribution is 0.0985. The van der Waals surface area contributed by atoms with Crippen LogP contribution in [0.4, 0.5) is 11.5 Å². The maximum atomic E-state index is 13.4. The second-order valence-electron chi connectivity index (χ2n) is 7.41. The van der Waals surface area contributed by atoms with Gasteiger partial charge >= 0.3 is 5.69 Å². The fraction of sp³-hybridized carbons (Fsp3) is 0.476. The molecule has 0 radical (unpaired) electrons. The van der Waals surface area contributed by atoms with Crippen molar-refractivity contribution >= 4 is 17.4 Å². The Labute approximate surface area is 175 Å². The third kappa shape index (κ3) is 5.03. The summed E-state index contributed by atoms with van der Waals surface area (Å²) in [7, 11) is 2.98. The summed E-state index contributed by atoms with van der Waals surface area (Å²) < 4.78 is 11.8. The number of benzene rings is 1. The van der Waals surface area contributed by atoms with Gasteiger partial charge < -0.3 is 20.1 Å². The summed E-state index contributed by atoms with van der Waals surface area (Å²) in [4.78, 5) is 42.0. The number of aromatic amines is 1. The smallest absolute Gasteiger partial charge is 0.330 e. The molecule has 1 aromatic heterocycles. The molecule has 0 saturated carbocycles. The van der Waals surface area contributed by atoms with Crippen LogP contribution in [-0.4, -0.2) is 36.2 Å². The monoisotopic (exact) mass is 418 g/mol. The van der Waals surface area contributed by atoms with Gasteiger partial charge in [0.1, 0.15) is 17.3 Å². The number of carbonyl (C=O) groups excluding carboxylic acids is 1. The Hall–Kier alpha value is -3.23. The van der Waals surface area contributed by atoms with Crippen LogP contribution >= 0.6 is 0 Å². The van der Waals surface area contributed by atoms with Crippen molar-refractivity contribution in [2.24, 2.45) is 5.92 Å². The average Bonchev–Trinajstić information content (AvgIpc) is 2.72.